The van der Waals surface area contributed by atoms with Gasteiger partial charge in [-0.25, -0.2) is 4.39 Å². The van der Waals surface area contributed by atoms with Gasteiger partial charge in [-0.15, -0.1) is 12.4 Å². The molecule has 142 valence electrons. The lowest BCUT2D eigenvalue weighted by Crippen LogP contribution is -2.55. The molecule has 2 rings (SSSR count). The van der Waals surface area contributed by atoms with Gasteiger partial charge >= 0.3 is 0 Å². The molecule has 1 aliphatic carbocycles. The van der Waals surface area contributed by atoms with Gasteiger partial charge in [-0.05, 0) is 45.5 Å². The highest BCUT2D eigenvalue weighted by Gasteiger charge is 2.35. The Balaban J connectivity index is 0.00000312. The number of nitrogens with one attached hydrogen (secondary N) is 1. The zero-order chi connectivity index (χ0) is 17.6. The molecule has 1 aliphatic rings. The van der Waals surface area contributed by atoms with E-state index in [2.05, 4.69) is 24.3 Å². The van der Waals surface area contributed by atoms with Crippen molar-refractivity contribution in [2.24, 2.45) is 0 Å². The number of rotatable bonds is 7. The number of amides is 1. The highest BCUT2D eigenvalue weighted by molar-refractivity contribution is 5.85. The minimum Gasteiger partial charge on any atom is -0.478 e. The summed E-state index contributed by atoms with van der Waals surface area (Å²) >= 11 is 0. The van der Waals surface area contributed by atoms with Crippen molar-refractivity contribution in [3.63, 3.8) is 0 Å². The van der Waals surface area contributed by atoms with E-state index in [-0.39, 0.29) is 29.6 Å². The molecule has 0 aliphatic heterocycles. The van der Waals surface area contributed by atoms with Crippen molar-refractivity contribution in [1.29, 1.82) is 0 Å². The smallest absolute Gasteiger partial charge is 0.261 e. The summed E-state index contributed by atoms with van der Waals surface area (Å²) in [5.41, 5.74) is 0.0181. The third kappa shape index (κ3) is 5.58. The molecule has 0 aromatic heterocycles. The van der Waals surface area contributed by atoms with E-state index in [1.54, 1.807) is 18.2 Å². The van der Waals surface area contributed by atoms with Crippen LogP contribution in [0.25, 0.3) is 0 Å². The molecule has 0 saturated heterocycles. The second-order valence-corrected chi connectivity index (χ2v) is 6.84. The Kier molecular flexibility index (Phi) is 8.66. The quantitative estimate of drug-likeness (QED) is 0.791. The van der Waals surface area contributed by atoms with Gasteiger partial charge in [0.05, 0.1) is 0 Å². The van der Waals surface area contributed by atoms with Crippen molar-refractivity contribution in [2.45, 2.75) is 57.1 Å². The van der Waals surface area contributed by atoms with Gasteiger partial charge in [0.1, 0.15) is 0 Å². The van der Waals surface area contributed by atoms with Gasteiger partial charge in [0.15, 0.2) is 17.7 Å². The Morgan fingerprint density at radius 3 is 2.48 bits per heavy atom. The minimum atomic E-state index is -0.676. The first-order chi connectivity index (χ1) is 11.5. The number of benzene rings is 1. The topological polar surface area (TPSA) is 41.6 Å². The third-order valence-corrected chi connectivity index (χ3v) is 5.09. The molecule has 0 heterocycles. The average Bonchev–Trinajstić information content (AvgIpc) is 2.59. The number of carbonyl (C=O) groups excluding carboxylic acids is 1. The molecule has 1 amide bonds. The number of hydrogen-bond donors (Lipinski definition) is 1. The molecular weight excluding hydrogens is 343 g/mol. The fourth-order valence-corrected chi connectivity index (χ4v) is 3.37. The van der Waals surface area contributed by atoms with Crippen LogP contribution in [0.3, 0.4) is 0 Å². The van der Waals surface area contributed by atoms with E-state index in [9.17, 15) is 9.18 Å². The molecule has 0 spiro atoms. The lowest BCUT2D eigenvalue weighted by molar-refractivity contribution is -0.129. The van der Waals surface area contributed by atoms with Crippen LogP contribution >= 0.6 is 12.4 Å². The van der Waals surface area contributed by atoms with Crippen LogP contribution < -0.4 is 10.1 Å². The van der Waals surface area contributed by atoms with E-state index in [1.807, 2.05) is 6.92 Å². The highest BCUT2D eigenvalue weighted by Crippen LogP contribution is 2.31. The van der Waals surface area contributed by atoms with Crippen molar-refractivity contribution in [2.75, 3.05) is 20.6 Å². The second kappa shape index (κ2) is 9.97. The molecule has 1 aromatic rings. The Hall–Kier alpha value is -1.33. The lowest BCUT2D eigenvalue weighted by Gasteiger charge is -2.43. The zero-order valence-corrected chi connectivity index (χ0v) is 16.2. The fraction of sp³-hybridized carbons (Fsp3) is 0.632. The Bertz CT molecular complexity index is 548. The molecule has 1 saturated carbocycles. The molecule has 6 heteroatoms. The normalized spacial score (nSPS) is 17.5. The van der Waals surface area contributed by atoms with Crippen LogP contribution in [0.4, 0.5) is 4.39 Å². The Morgan fingerprint density at radius 1 is 1.28 bits per heavy atom. The summed E-state index contributed by atoms with van der Waals surface area (Å²) in [6.07, 6.45) is 5.64. The van der Waals surface area contributed by atoms with Crippen LogP contribution in [0.1, 0.15) is 45.4 Å². The molecule has 0 radical (unpaired) electrons. The number of halogens is 2. The number of nitrogens with zero attached hydrogens (tertiary/aromatic N) is 1. The first-order valence-corrected chi connectivity index (χ1v) is 8.85. The predicted octanol–water partition coefficient (Wildman–Crippen LogP) is 3.79. The SMILES string of the molecule is CCC(Oc1ccccc1F)C(=O)NCC1(N(C)C)CCCCC1.Cl. The number of likely N-dealkylation sites (N-methyl/N-ethyl adjacent to an activating group) is 1. The van der Waals surface area contributed by atoms with Crippen LogP contribution in [0.15, 0.2) is 24.3 Å². The van der Waals surface area contributed by atoms with Crippen molar-refractivity contribution in [1.82, 2.24) is 10.2 Å². The summed E-state index contributed by atoms with van der Waals surface area (Å²) in [5.74, 6) is -0.493. The standard InChI is InChI=1S/C19H29FN2O2.ClH/c1-4-16(24-17-11-7-6-10-15(17)20)18(23)21-14-19(22(2)3)12-8-5-9-13-19;/h6-7,10-11,16H,4-5,8-9,12-14H2,1-3H3,(H,21,23);1H. The summed E-state index contributed by atoms with van der Waals surface area (Å²) in [5, 5.41) is 3.04. The van der Waals surface area contributed by atoms with Gasteiger partial charge in [0.25, 0.3) is 5.91 Å². The van der Waals surface area contributed by atoms with E-state index < -0.39 is 11.9 Å². The highest BCUT2D eigenvalue weighted by atomic mass is 35.5. The molecule has 25 heavy (non-hydrogen) atoms. The molecule has 1 unspecified atom stereocenters. The van der Waals surface area contributed by atoms with E-state index in [0.717, 1.165) is 12.8 Å². The summed E-state index contributed by atoms with van der Waals surface area (Å²) < 4.78 is 19.3. The van der Waals surface area contributed by atoms with Crippen molar-refractivity contribution in [3.8, 4) is 5.75 Å². The summed E-state index contributed by atoms with van der Waals surface area (Å²) in [4.78, 5) is 14.7. The first-order valence-electron chi connectivity index (χ1n) is 8.85. The molecule has 1 aromatic carbocycles. The van der Waals surface area contributed by atoms with Gasteiger partial charge in [-0.2, -0.15) is 0 Å². The lowest BCUT2D eigenvalue weighted by atomic mass is 9.80. The number of hydrogen-bond acceptors (Lipinski definition) is 3. The van der Waals surface area contributed by atoms with Gasteiger partial charge in [0, 0.05) is 12.1 Å². The summed E-state index contributed by atoms with van der Waals surface area (Å²) in [6.45, 7) is 2.48. The van der Waals surface area contributed by atoms with Crippen LogP contribution in [-0.4, -0.2) is 43.1 Å². The van der Waals surface area contributed by atoms with Crippen molar-refractivity contribution in [3.05, 3.63) is 30.1 Å². The predicted molar refractivity (Wildman–Crippen MR) is 101 cm³/mol. The number of para-hydroxylation sites is 1. The number of ether oxygens (including phenoxy) is 1. The third-order valence-electron chi connectivity index (χ3n) is 5.09. The van der Waals surface area contributed by atoms with Crippen molar-refractivity contribution < 1.29 is 13.9 Å². The van der Waals surface area contributed by atoms with E-state index in [0.29, 0.717) is 13.0 Å². The van der Waals surface area contributed by atoms with E-state index >= 15 is 0 Å². The van der Waals surface area contributed by atoms with Gasteiger partial charge in [0.2, 0.25) is 0 Å². The van der Waals surface area contributed by atoms with E-state index in [1.165, 1.54) is 25.3 Å². The molecule has 1 N–H and O–H groups in total. The van der Waals surface area contributed by atoms with Crippen LogP contribution in [0.2, 0.25) is 0 Å². The van der Waals surface area contributed by atoms with E-state index in [4.69, 9.17) is 4.74 Å². The van der Waals surface area contributed by atoms with Crippen LogP contribution in [0.5, 0.6) is 5.75 Å². The summed E-state index contributed by atoms with van der Waals surface area (Å²) in [7, 11) is 4.15. The second-order valence-electron chi connectivity index (χ2n) is 6.84. The maximum absolute atomic E-state index is 13.7. The Morgan fingerprint density at radius 2 is 1.92 bits per heavy atom. The Labute approximate surface area is 156 Å². The zero-order valence-electron chi connectivity index (χ0n) is 15.4. The molecular formula is C19H30ClFN2O2. The van der Waals surface area contributed by atoms with Gasteiger partial charge < -0.3 is 15.0 Å². The molecule has 1 fully saturated rings. The van der Waals surface area contributed by atoms with Crippen LogP contribution in [0, 0.1) is 5.82 Å². The fourth-order valence-electron chi connectivity index (χ4n) is 3.37. The maximum Gasteiger partial charge on any atom is 0.261 e. The number of carbonyl (C=O) groups is 1. The molecule has 1 atom stereocenters. The van der Waals surface area contributed by atoms with Crippen LogP contribution in [-0.2, 0) is 4.79 Å². The largest absolute Gasteiger partial charge is 0.478 e. The molecule has 4 nitrogen and oxygen atoms in total. The molecule has 0 bridgehead atoms. The minimum absolute atomic E-state index is 0. The maximum atomic E-state index is 13.7. The average molecular weight is 373 g/mol. The first kappa shape index (κ1) is 21.7. The van der Waals surface area contributed by atoms with Crippen molar-refractivity contribution >= 4 is 18.3 Å². The van der Waals surface area contributed by atoms with Gasteiger partial charge in [-0.3, -0.25) is 4.79 Å². The monoisotopic (exact) mass is 372 g/mol. The summed E-state index contributed by atoms with van der Waals surface area (Å²) in [6, 6.07) is 6.19. The van der Waals surface area contributed by atoms with Gasteiger partial charge in [-0.1, -0.05) is 38.3 Å².